The van der Waals surface area contributed by atoms with Crippen molar-refractivity contribution in [2.75, 3.05) is 5.73 Å². The highest BCUT2D eigenvalue weighted by atomic mass is 14.5. The fourth-order valence-electron chi connectivity index (χ4n) is 1.05. The van der Waals surface area contributed by atoms with E-state index in [0.717, 1.165) is 12.1 Å². The first-order chi connectivity index (χ1) is 6.72. The quantitative estimate of drug-likeness (QED) is 0.729. The molecule has 0 saturated heterocycles. The van der Waals surface area contributed by atoms with Gasteiger partial charge in [-0.05, 0) is 31.0 Å². The molecular weight excluding hydrogens is 172 g/mol. The number of benzene rings is 1. The van der Waals surface area contributed by atoms with E-state index >= 15 is 0 Å². The molecule has 0 fully saturated rings. The minimum atomic E-state index is 0.0774. The molecule has 0 aliphatic carbocycles. The van der Waals surface area contributed by atoms with Crippen molar-refractivity contribution in [2.24, 2.45) is 5.92 Å². The average molecular weight is 190 g/mol. The summed E-state index contributed by atoms with van der Waals surface area (Å²) in [5.41, 5.74) is 7.46. The zero-order valence-electron chi connectivity index (χ0n) is 9.12. The molecule has 0 aromatic heterocycles. The first kappa shape index (κ1) is 12.5. The van der Waals surface area contributed by atoms with Gasteiger partial charge >= 0.3 is 0 Å². The number of nitrogen functional groups attached to an aromatic ring is 1. The second-order valence-electron chi connectivity index (χ2n) is 2.98. The molecule has 2 nitrogen and oxygen atoms in total. The van der Waals surface area contributed by atoms with E-state index in [2.05, 4.69) is 6.07 Å². The van der Waals surface area contributed by atoms with E-state index in [0.29, 0.717) is 0 Å². The Balaban J connectivity index is 0.000000791. The monoisotopic (exact) mass is 190 g/mol. The van der Waals surface area contributed by atoms with Crippen LogP contribution >= 0.6 is 0 Å². The largest absolute Gasteiger partial charge is 0.399 e. The van der Waals surface area contributed by atoms with Crippen LogP contribution in [0.3, 0.4) is 0 Å². The van der Waals surface area contributed by atoms with Crippen molar-refractivity contribution in [3.63, 3.8) is 0 Å². The fraction of sp³-hybridized carbons (Fsp3) is 0.417. The van der Waals surface area contributed by atoms with Crippen LogP contribution < -0.4 is 5.73 Å². The highest BCUT2D eigenvalue weighted by Gasteiger charge is 2.00. The summed E-state index contributed by atoms with van der Waals surface area (Å²) < 4.78 is 0. The Morgan fingerprint density at radius 1 is 1.29 bits per heavy atom. The van der Waals surface area contributed by atoms with Crippen molar-refractivity contribution in [1.82, 2.24) is 0 Å². The third-order valence-electron chi connectivity index (χ3n) is 1.74. The van der Waals surface area contributed by atoms with Crippen molar-refractivity contribution >= 4 is 5.69 Å². The van der Waals surface area contributed by atoms with E-state index in [9.17, 15) is 0 Å². The van der Waals surface area contributed by atoms with Crippen LogP contribution in [-0.4, -0.2) is 0 Å². The Morgan fingerprint density at radius 2 is 1.79 bits per heavy atom. The molecule has 0 amide bonds. The number of nitriles is 1. The zero-order valence-corrected chi connectivity index (χ0v) is 9.12. The Hall–Kier alpha value is -1.49. The maximum Gasteiger partial charge on any atom is 0.0656 e. The summed E-state index contributed by atoms with van der Waals surface area (Å²) >= 11 is 0. The lowest BCUT2D eigenvalue weighted by molar-refractivity contribution is 0.739. The minimum Gasteiger partial charge on any atom is -0.399 e. The van der Waals surface area contributed by atoms with E-state index in [4.69, 9.17) is 11.0 Å². The second kappa shape index (κ2) is 6.97. The lowest BCUT2D eigenvalue weighted by atomic mass is 10.0. The van der Waals surface area contributed by atoms with E-state index in [-0.39, 0.29) is 5.92 Å². The van der Waals surface area contributed by atoms with Gasteiger partial charge in [-0.3, -0.25) is 0 Å². The summed E-state index contributed by atoms with van der Waals surface area (Å²) in [6, 6.07) is 9.84. The predicted octanol–water partition coefficient (Wildman–Crippen LogP) is 3.00. The summed E-state index contributed by atoms with van der Waals surface area (Å²) in [4.78, 5) is 0. The molecule has 0 saturated carbocycles. The van der Waals surface area contributed by atoms with Crippen LogP contribution in [0.4, 0.5) is 5.69 Å². The van der Waals surface area contributed by atoms with Crippen LogP contribution in [0, 0.1) is 17.2 Å². The highest BCUT2D eigenvalue weighted by molar-refractivity contribution is 5.39. The molecule has 0 bridgehead atoms. The van der Waals surface area contributed by atoms with E-state index < -0.39 is 0 Å². The number of hydrogen-bond acceptors (Lipinski definition) is 2. The summed E-state index contributed by atoms with van der Waals surface area (Å²) in [5, 5.41) is 8.58. The number of hydrogen-bond donors (Lipinski definition) is 1. The Bertz CT molecular complexity index is 282. The molecule has 0 aliphatic heterocycles. The van der Waals surface area contributed by atoms with Crippen LogP contribution in [0.2, 0.25) is 0 Å². The molecule has 2 heteroatoms. The smallest absolute Gasteiger partial charge is 0.0656 e. The first-order valence-corrected chi connectivity index (χ1v) is 4.96. The second-order valence-corrected chi connectivity index (χ2v) is 2.98. The van der Waals surface area contributed by atoms with Crippen molar-refractivity contribution in [2.45, 2.75) is 27.2 Å². The molecule has 1 unspecified atom stereocenters. The van der Waals surface area contributed by atoms with Crippen LogP contribution in [0.1, 0.15) is 26.3 Å². The van der Waals surface area contributed by atoms with Gasteiger partial charge in [-0.2, -0.15) is 5.26 Å². The molecule has 1 rings (SSSR count). The van der Waals surface area contributed by atoms with Gasteiger partial charge in [0.05, 0.1) is 6.07 Å². The highest BCUT2D eigenvalue weighted by Crippen LogP contribution is 2.10. The predicted molar refractivity (Wildman–Crippen MR) is 60.7 cm³/mol. The number of anilines is 1. The van der Waals surface area contributed by atoms with Crippen molar-refractivity contribution in [3.8, 4) is 6.07 Å². The summed E-state index contributed by atoms with van der Waals surface area (Å²) in [6.45, 7) is 5.91. The molecule has 2 N–H and O–H groups in total. The van der Waals surface area contributed by atoms with Crippen molar-refractivity contribution < 1.29 is 0 Å². The lowest BCUT2D eigenvalue weighted by Gasteiger charge is -2.02. The molecule has 0 aliphatic rings. The number of nitrogens with zero attached hydrogens (tertiary/aromatic N) is 1. The average Bonchev–Trinajstić information content (AvgIpc) is 2.24. The van der Waals surface area contributed by atoms with Gasteiger partial charge in [0.2, 0.25) is 0 Å². The third kappa shape index (κ3) is 4.51. The summed E-state index contributed by atoms with van der Waals surface area (Å²) in [7, 11) is 0. The molecule has 1 aromatic rings. The number of rotatable bonds is 2. The molecule has 0 heterocycles. The fourth-order valence-corrected chi connectivity index (χ4v) is 1.05. The van der Waals surface area contributed by atoms with Gasteiger partial charge in [0.25, 0.3) is 0 Å². The Kier molecular flexibility index (Phi) is 6.22. The van der Waals surface area contributed by atoms with Gasteiger partial charge in [0.1, 0.15) is 0 Å². The zero-order chi connectivity index (χ0) is 11.0. The number of nitrogens with two attached hydrogens (primary N) is 1. The maximum absolute atomic E-state index is 8.58. The summed E-state index contributed by atoms with van der Waals surface area (Å²) in [5.74, 6) is 0.0774. The van der Waals surface area contributed by atoms with E-state index in [1.165, 1.54) is 5.56 Å². The molecule has 76 valence electrons. The van der Waals surface area contributed by atoms with Gasteiger partial charge in [-0.15, -0.1) is 0 Å². The Labute approximate surface area is 86.4 Å². The van der Waals surface area contributed by atoms with Gasteiger partial charge in [0.15, 0.2) is 0 Å². The topological polar surface area (TPSA) is 49.8 Å². The molecule has 1 aromatic carbocycles. The molecule has 1 atom stereocenters. The van der Waals surface area contributed by atoms with Crippen LogP contribution in [0.5, 0.6) is 0 Å². The van der Waals surface area contributed by atoms with Crippen molar-refractivity contribution in [1.29, 1.82) is 5.26 Å². The minimum absolute atomic E-state index is 0.0774. The lowest BCUT2D eigenvalue weighted by Crippen LogP contribution is -1.96. The van der Waals surface area contributed by atoms with Gasteiger partial charge in [-0.1, -0.05) is 26.0 Å². The third-order valence-corrected chi connectivity index (χ3v) is 1.74. The van der Waals surface area contributed by atoms with E-state index in [1.807, 2.05) is 45.0 Å². The van der Waals surface area contributed by atoms with Crippen LogP contribution in [0.25, 0.3) is 0 Å². The molecule has 0 spiro atoms. The molecule has 14 heavy (non-hydrogen) atoms. The summed E-state index contributed by atoms with van der Waals surface area (Å²) in [6.07, 6.45) is 0.802. The maximum atomic E-state index is 8.58. The normalized spacial score (nSPS) is 10.7. The van der Waals surface area contributed by atoms with Crippen LogP contribution in [0.15, 0.2) is 24.3 Å². The van der Waals surface area contributed by atoms with Crippen LogP contribution in [-0.2, 0) is 6.42 Å². The van der Waals surface area contributed by atoms with Gasteiger partial charge in [0, 0.05) is 11.6 Å². The van der Waals surface area contributed by atoms with Crippen molar-refractivity contribution in [3.05, 3.63) is 29.8 Å². The molecule has 0 radical (unpaired) electrons. The molecular formula is C12H18N2. The van der Waals surface area contributed by atoms with Gasteiger partial charge < -0.3 is 5.73 Å². The van der Waals surface area contributed by atoms with Gasteiger partial charge in [-0.25, -0.2) is 0 Å². The van der Waals surface area contributed by atoms with E-state index in [1.54, 1.807) is 0 Å². The SMILES string of the molecule is CC.CC(C#N)Cc1ccc(N)cc1. The standard InChI is InChI=1S/C10H12N2.C2H6/c1-8(7-11)6-9-2-4-10(12)5-3-9;1-2/h2-5,8H,6,12H2,1H3;1-2H3. The first-order valence-electron chi connectivity index (χ1n) is 4.96. The Morgan fingerprint density at radius 3 is 2.21 bits per heavy atom.